The van der Waals surface area contributed by atoms with Gasteiger partial charge in [-0.25, -0.2) is 19.6 Å². The number of benzene rings is 5. The van der Waals surface area contributed by atoms with E-state index in [0.717, 1.165) is 32.9 Å². The first kappa shape index (κ1) is 23.6. The quantitative estimate of drug-likeness (QED) is 0.198. The molecule has 0 aliphatic heterocycles. The fourth-order valence-corrected chi connectivity index (χ4v) is 4.04. The zero-order chi connectivity index (χ0) is 25.5. The minimum Gasteiger partial charge on any atom is -0.386 e. The predicted molar refractivity (Wildman–Crippen MR) is 145 cm³/mol. The molecule has 0 aliphatic rings. The maximum Gasteiger partial charge on any atom is 0.346 e. The van der Waals surface area contributed by atoms with E-state index >= 15 is 0 Å². The summed E-state index contributed by atoms with van der Waals surface area (Å²) in [4.78, 5) is 33.3. The van der Waals surface area contributed by atoms with Crippen LogP contribution in [0.4, 0.5) is 0 Å². The van der Waals surface area contributed by atoms with Gasteiger partial charge in [0.05, 0.1) is 11.1 Å². The summed E-state index contributed by atoms with van der Waals surface area (Å²) in [6, 6.07) is 37.5. The SMILES string of the molecule is O=C(OC(=O)c1cccc2ccccc12)c1cccc2ccccc12.c1ccc(-c2ncccn2)cc1. The molecule has 0 spiro atoms. The molecule has 5 aromatic carbocycles. The highest BCUT2D eigenvalue weighted by Crippen LogP contribution is 2.22. The van der Waals surface area contributed by atoms with Crippen molar-refractivity contribution in [2.45, 2.75) is 0 Å². The molecule has 178 valence electrons. The molecule has 0 amide bonds. The second kappa shape index (κ2) is 11.1. The summed E-state index contributed by atoms with van der Waals surface area (Å²) >= 11 is 0. The van der Waals surface area contributed by atoms with Crippen molar-refractivity contribution in [1.29, 1.82) is 0 Å². The van der Waals surface area contributed by atoms with Gasteiger partial charge in [0.15, 0.2) is 5.82 Å². The van der Waals surface area contributed by atoms with E-state index in [1.807, 2.05) is 97.1 Å². The minimum absolute atomic E-state index is 0.381. The zero-order valence-electron chi connectivity index (χ0n) is 19.8. The Bertz CT molecular complexity index is 1550. The Morgan fingerprint density at radius 1 is 0.486 bits per heavy atom. The molecule has 1 heterocycles. The summed E-state index contributed by atoms with van der Waals surface area (Å²) in [5, 5.41) is 3.38. The van der Waals surface area contributed by atoms with Crippen LogP contribution in [-0.2, 0) is 4.74 Å². The Kier molecular flexibility index (Phi) is 7.04. The first-order valence-corrected chi connectivity index (χ1v) is 11.8. The summed E-state index contributed by atoms with van der Waals surface area (Å²) in [6.45, 7) is 0. The Balaban J connectivity index is 0.000000195. The number of nitrogens with zero attached hydrogens (tertiary/aromatic N) is 2. The predicted octanol–water partition coefficient (Wildman–Crippen LogP) is 7.13. The van der Waals surface area contributed by atoms with E-state index in [2.05, 4.69) is 9.97 Å². The molecule has 0 atom stereocenters. The third kappa shape index (κ3) is 5.41. The molecule has 0 fully saturated rings. The van der Waals surface area contributed by atoms with Gasteiger partial charge in [-0.05, 0) is 39.7 Å². The monoisotopic (exact) mass is 482 g/mol. The van der Waals surface area contributed by atoms with Gasteiger partial charge in [0.2, 0.25) is 0 Å². The normalized spacial score (nSPS) is 10.4. The number of hydrogen-bond acceptors (Lipinski definition) is 5. The molecular weight excluding hydrogens is 460 g/mol. The van der Waals surface area contributed by atoms with Gasteiger partial charge >= 0.3 is 11.9 Å². The molecule has 5 nitrogen and oxygen atoms in total. The van der Waals surface area contributed by atoms with Crippen LogP contribution >= 0.6 is 0 Å². The van der Waals surface area contributed by atoms with Gasteiger partial charge in [0.25, 0.3) is 0 Å². The molecule has 0 unspecified atom stereocenters. The Hall–Kier alpha value is -5.16. The number of aromatic nitrogens is 2. The van der Waals surface area contributed by atoms with Crippen molar-refractivity contribution in [2.75, 3.05) is 0 Å². The van der Waals surface area contributed by atoms with E-state index in [9.17, 15) is 9.59 Å². The minimum atomic E-state index is -0.644. The Morgan fingerprint density at radius 3 is 1.49 bits per heavy atom. The van der Waals surface area contributed by atoms with Crippen LogP contribution in [0, 0.1) is 0 Å². The zero-order valence-corrected chi connectivity index (χ0v) is 19.8. The summed E-state index contributed by atoms with van der Waals surface area (Å²) in [5.74, 6) is -0.512. The van der Waals surface area contributed by atoms with Crippen LogP contribution in [0.3, 0.4) is 0 Å². The van der Waals surface area contributed by atoms with Gasteiger partial charge < -0.3 is 4.74 Å². The molecule has 0 saturated carbocycles. The second-order valence-electron chi connectivity index (χ2n) is 8.17. The maximum atomic E-state index is 12.5. The third-order valence-electron chi connectivity index (χ3n) is 5.80. The van der Waals surface area contributed by atoms with Crippen molar-refractivity contribution >= 4 is 33.5 Å². The molecule has 0 bridgehead atoms. The topological polar surface area (TPSA) is 69.2 Å². The van der Waals surface area contributed by atoms with E-state index in [1.165, 1.54) is 0 Å². The van der Waals surface area contributed by atoms with E-state index in [4.69, 9.17) is 4.74 Å². The Morgan fingerprint density at radius 2 is 0.946 bits per heavy atom. The van der Waals surface area contributed by atoms with E-state index in [1.54, 1.807) is 36.7 Å². The van der Waals surface area contributed by atoms with E-state index < -0.39 is 11.9 Å². The van der Waals surface area contributed by atoms with Gasteiger partial charge in [-0.3, -0.25) is 0 Å². The van der Waals surface area contributed by atoms with Crippen molar-refractivity contribution in [3.8, 4) is 11.4 Å². The summed E-state index contributed by atoms with van der Waals surface area (Å²) in [5.41, 5.74) is 1.82. The van der Waals surface area contributed by atoms with Crippen molar-refractivity contribution in [1.82, 2.24) is 9.97 Å². The molecular formula is C32H22N2O3. The van der Waals surface area contributed by atoms with Gasteiger partial charge in [-0.1, -0.05) is 103 Å². The van der Waals surface area contributed by atoms with Gasteiger partial charge in [0.1, 0.15) is 0 Å². The molecule has 37 heavy (non-hydrogen) atoms. The summed E-state index contributed by atoms with van der Waals surface area (Å²) < 4.78 is 5.16. The van der Waals surface area contributed by atoms with Crippen LogP contribution in [0.25, 0.3) is 32.9 Å². The summed E-state index contributed by atoms with van der Waals surface area (Å²) in [6.07, 6.45) is 3.49. The molecule has 6 rings (SSSR count). The molecule has 0 saturated heterocycles. The second-order valence-corrected chi connectivity index (χ2v) is 8.17. The number of carbonyl (C=O) groups excluding carboxylic acids is 2. The number of carbonyl (C=O) groups is 2. The van der Waals surface area contributed by atoms with Crippen molar-refractivity contribution in [3.63, 3.8) is 0 Å². The Labute approximate surface area is 214 Å². The maximum absolute atomic E-state index is 12.5. The fraction of sp³-hybridized carbons (Fsp3) is 0. The molecule has 0 N–H and O–H groups in total. The number of ether oxygens (including phenoxy) is 1. The van der Waals surface area contributed by atoms with Crippen molar-refractivity contribution in [2.24, 2.45) is 0 Å². The lowest BCUT2D eigenvalue weighted by Crippen LogP contribution is -2.13. The van der Waals surface area contributed by atoms with Gasteiger partial charge in [0, 0.05) is 18.0 Å². The van der Waals surface area contributed by atoms with Crippen molar-refractivity contribution < 1.29 is 14.3 Å². The highest BCUT2D eigenvalue weighted by molar-refractivity contribution is 6.12. The first-order valence-electron chi connectivity index (χ1n) is 11.8. The van der Waals surface area contributed by atoms with Crippen LogP contribution in [0.2, 0.25) is 0 Å². The largest absolute Gasteiger partial charge is 0.386 e. The molecule has 0 radical (unpaired) electrons. The van der Waals surface area contributed by atoms with Crippen LogP contribution < -0.4 is 0 Å². The summed E-state index contributed by atoms with van der Waals surface area (Å²) in [7, 11) is 0. The van der Waals surface area contributed by atoms with Gasteiger partial charge in [-0.15, -0.1) is 0 Å². The van der Waals surface area contributed by atoms with E-state index in [0.29, 0.717) is 11.1 Å². The number of hydrogen-bond donors (Lipinski definition) is 0. The van der Waals surface area contributed by atoms with Crippen LogP contribution in [0.1, 0.15) is 20.7 Å². The molecule has 6 aromatic rings. The molecule has 1 aromatic heterocycles. The van der Waals surface area contributed by atoms with E-state index in [-0.39, 0.29) is 0 Å². The lowest BCUT2D eigenvalue weighted by molar-refractivity contribution is 0.0400. The van der Waals surface area contributed by atoms with Crippen molar-refractivity contribution in [3.05, 3.63) is 145 Å². The smallest absolute Gasteiger partial charge is 0.346 e. The fourth-order valence-electron chi connectivity index (χ4n) is 4.04. The molecule has 0 aliphatic carbocycles. The lowest BCUT2D eigenvalue weighted by atomic mass is 10.0. The first-order chi connectivity index (χ1) is 18.2. The number of fused-ring (bicyclic) bond motifs is 2. The lowest BCUT2D eigenvalue weighted by Gasteiger charge is -2.08. The van der Waals surface area contributed by atoms with Gasteiger partial charge in [-0.2, -0.15) is 0 Å². The third-order valence-corrected chi connectivity index (χ3v) is 5.80. The average molecular weight is 483 g/mol. The standard InChI is InChI=1S/C22H14O3.C10H8N2/c23-21(19-13-5-9-15-7-1-3-11-17(15)19)25-22(24)20-14-6-10-16-8-2-4-12-18(16)20;1-2-5-9(6-3-1)10-11-7-4-8-12-10/h1-14H;1-8H. The van der Waals surface area contributed by atoms with Crippen LogP contribution in [-0.4, -0.2) is 21.9 Å². The highest BCUT2D eigenvalue weighted by atomic mass is 16.6. The van der Waals surface area contributed by atoms with Crippen LogP contribution in [0.5, 0.6) is 0 Å². The highest BCUT2D eigenvalue weighted by Gasteiger charge is 2.18. The van der Waals surface area contributed by atoms with Crippen LogP contribution in [0.15, 0.2) is 134 Å². The average Bonchev–Trinajstić information content (AvgIpc) is 2.97. The number of esters is 2. The number of rotatable bonds is 3. The molecule has 5 heteroatoms.